The number of carbonyl (C=O) groups is 1. The Morgan fingerprint density at radius 2 is 2.07 bits per heavy atom. The van der Waals surface area contributed by atoms with Gasteiger partial charge in [0.2, 0.25) is 5.88 Å². The minimum absolute atomic E-state index is 0.416. The number of benzene rings is 1. The lowest BCUT2D eigenvalue weighted by Crippen LogP contribution is -1.91. The molecule has 2 rings (SSSR count). The monoisotopic (exact) mass is 200 g/mol. The molecule has 0 aliphatic carbocycles. The number of para-hydroxylation sites is 1. The van der Waals surface area contributed by atoms with Gasteiger partial charge < -0.3 is 4.74 Å². The second kappa shape index (κ2) is 4.32. The second-order valence-electron chi connectivity index (χ2n) is 2.81. The van der Waals surface area contributed by atoms with Crippen LogP contribution in [0.1, 0.15) is 10.4 Å². The zero-order valence-electron chi connectivity index (χ0n) is 7.83. The highest BCUT2D eigenvalue weighted by Crippen LogP contribution is 2.21. The molecule has 15 heavy (non-hydrogen) atoms. The Labute approximate surface area is 86.6 Å². The molecule has 0 radical (unpaired) electrons. The first-order chi connectivity index (χ1) is 7.40. The van der Waals surface area contributed by atoms with Gasteiger partial charge in [0, 0.05) is 12.3 Å². The van der Waals surface area contributed by atoms with Crippen LogP contribution < -0.4 is 4.74 Å². The minimum atomic E-state index is 0.416. The third-order valence-corrected chi connectivity index (χ3v) is 1.82. The third-order valence-electron chi connectivity index (χ3n) is 1.82. The Kier molecular flexibility index (Phi) is 2.69. The van der Waals surface area contributed by atoms with Gasteiger partial charge in [-0.3, -0.25) is 4.79 Å². The fourth-order valence-corrected chi connectivity index (χ4v) is 1.12. The smallest absolute Gasteiger partial charge is 0.222 e. The second-order valence-corrected chi connectivity index (χ2v) is 2.81. The zero-order chi connectivity index (χ0) is 10.5. The fourth-order valence-electron chi connectivity index (χ4n) is 1.12. The molecule has 0 saturated carbocycles. The summed E-state index contributed by atoms with van der Waals surface area (Å²) in [6, 6.07) is 8.59. The molecule has 0 unspecified atom stereocenters. The predicted octanol–water partition coefficient (Wildman–Crippen LogP) is 2.08. The Morgan fingerprint density at radius 1 is 1.20 bits per heavy atom. The molecule has 0 saturated heterocycles. The lowest BCUT2D eigenvalue weighted by molar-refractivity contribution is 0.112. The van der Waals surface area contributed by atoms with Gasteiger partial charge in [0.25, 0.3) is 0 Å². The molecule has 0 aliphatic rings. The molecule has 0 amide bonds. The van der Waals surface area contributed by atoms with Gasteiger partial charge in [-0.1, -0.05) is 12.1 Å². The molecule has 0 fully saturated rings. The van der Waals surface area contributed by atoms with Crippen molar-refractivity contribution >= 4 is 6.29 Å². The first kappa shape index (κ1) is 9.33. The zero-order valence-corrected chi connectivity index (χ0v) is 7.83. The van der Waals surface area contributed by atoms with Gasteiger partial charge in [0.05, 0.1) is 5.56 Å². The summed E-state index contributed by atoms with van der Waals surface area (Å²) >= 11 is 0. The van der Waals surface area contributed by atoms with Crippen LogP contribution in [-0.4, -0.2) is 16.3 Å². The molecule has 1 aromatic heterocycles. The summed E-state index contributed by atoms with van der Waals surface area (Å²) in [6.07, 6.45) is 3.71. The highest BCUT2D eigenvalue weighted by molar-refractivity contribution is 5.79. The predicted molar refractivity (Wildman–Crippen MR) is 53.9 cm³/mol. The normalized spacial score (nSPS) is 9.60. The number of nitrogens with zero attached hydrogens (tertiary/aromatic N) is 2. The van der Waals surface area contributed by atoms with E-state index in [4.69, 9.17) is 4.74 Å². The van der Waals surface area contributed by atoms with E-state index in [2.05, 4.69) is 9.97 Å². The summed E-state index contributed by atoms with van der Waals surface area (Å²) in [5.74, 6) is 0.908. The van der Waals surface area contributed by atoms with Crippen molar-refractivity contribution in [3.63, 3.8) is 0 Å². The summed E-state index contributed by atoms with van der Waals surface area (Å²) in [5.41, 5.74) is 0.496. The third kappa shape index (κ3) is 2.17. The van der Waals surface area contributed by atoms with Gasteiger partial charge in [-0.25, -0.2) is 9.97 Å². The topological polar surface area (TPSA) is 52.1 Å². The lowest BCUT2D eigenvalue weighted by Gasteiger charge is -2.05. The van der Waals surface area contributed by atoms with Crippen LogP contribution in [0.15, 0.2) is 42.9 Å². The summed E-state index contributed by atoms with van der Waals surface area (Å²) in [5, 5.41) is 0. The van der Waals surface area contributed by atoms with E-state index in [-0.39, 0.29) is 0 Å². The van der Waals surface area contributed by atoms with E-state index in [0.29, 0.717) is 17.2 Å². The standard InChI is InChI=1S/C11H8N2O2/c14-7-9-3-1-2-4-10(9)15-11-5-6-12-8-13-11/h1-8H. The molecule has 4 nitrogen and oxygen atoms in total. The first-order valence-corrected chi connectivity index (χ1v) is 4.38. The summed E-state index contributed by atoms with van der Waals surface area (Å²) in [4.78, 5) is 18.4. The maximum Gasteiger partial charge on any atom is 0.222 e. The highest BCUT2D eigenvalue weighted by Gasteiger charge is 2.02. The van der Waals surface area contributed by atoms with Gasteiger partial charge in [-0.05, 0) is 12.1 Å². The van der Waals surface area contributed by atoms with E-state index in [9.17, 15) is 4.79 Å². The lowest BCUT2D eigenvalue weighted by atomic mass is 10.2. The first-order valence-electron chi connectivity index (χ1n) is 4.38. The van der Waals surface area contributed by atoms with Crippen LogP contribution in [0.3, 0.4) is 0 Å². The number of hydrogen-bond acceptors (Lipinski definition) is 4. The van der Waals surface area contributed by atoms with E-state index in [0.717, 1.165) is 6.29 Å². The molecule has 4 heteroatoms. The SMILES string of the molecule is O=Cc1ccccc1Oc1ccncn1. The molecular weight excluding hydrogens is 192 g/mol. The van der Waals surface area contributed by atoms with Crippen molar-refractivity contribution in [2.75, 3.05) is 0 Å². The average Bonchev–Trinajstić information content (AvgIpc) is 2.31. The molecule has 0 atom stereocenters. The number of hydrogen-bond donors (Lipinski definition) is 0. The van der Waals surface area contributed by atoms with Gasteiger partial charge in [0.1, 0.15) is 12.1 Å². The van der Waals surface area contributed by atoms with Crippen molar-refractivity contribution in [1.29, 1.82) is 0 Å². The highest BCUT2D eigenvalue weighted by atomic mass is 16.5. The van der Waals surface area contributed by atoms with E-state index < -0.39 is 0 Å². The molecule has 2 aromatic rings. The van der Waals surface area contributed by atoms with Crippen molar-refractivity contribution < 1.29 is 9.53 Å². The number of aldehydes is 1. The molecule has 0 spiro atoms. The van der Waals surface area contributed by atoms with Crippen LogP contribution in [0, 0.1) is 0 Å². The quantitative estimate of drug-likeness (QED) is 0.712. The summed E-state index contributed by atoms with van der Waals surface area (Å²) < 4.78 is 5.42. The number of rotatable bonds is 3. The number of carbonyl (C=O) groups excluding carboxylic acids is 1. The van der Waals surface area contributed by atoms with Gasteiger partial charge in [0.15, 0.2) is 6.29 Å². The van der Waals surface area contributed by atoms with Crippen molar-refractivity contribution in [3.05, 3.63) is 48.4 Å². The van der Waals surface area contributed by atoms with Crippen LogP contribution in [0.25, 0.3) is 0 Å². The fraction of sp³-hybridized carbons (Fsp3) is 0. The molecule has 74 valence electrons. The largest absolute Gasteiger partial charge is 0.438 e. The van der Waals surface area contributed by atoms with Crippen LogP contribution in [0.5, 0.6) is 11.6 Å². The molecular formula is C11H8N2O2. The van der Waals surface area contributed by atoms with Crippen molar-refractivity contribution in [1.82, 2.24) is 9.97 Å². The van der Waals surface area contributed by atoms with Gasteiger partial charge in [-0.2, -0.15) is 0 Å². The van der Waals surface area contributed by atoms with E-state index in [1.54, 1.807) is 36.5 Å². The van der Waals surface area contributed by atoms with Crippen LogP contribution in [0.4, 0.5) is 0 Å². The van der Waals surface area contributed by atoms with Crippen LogP contribution in [-0.2, 0) is 0 Å². The Balaban J connectivity index is 2.28. The average molecular weight is 200 g/mol. The molecule has 0 N–H and O–H groups in total. The molecule has 1 aromatic carbocycles. The van der Waals surface area contributed by atoms with E-state index >= 15 is 0 Å². The maximum atomic E-state index is 10.7. The minimum Gasteiger partial charge on any atom is -0.438 e. The van der Waals surface area contributed by atoms with Gasteiger partial charge >= 0.3 is 0 Å². The van der Waals surface area contributed by atoms with Crippen molar-refractivity contribution in [3.8, 4) is 11.6 Å². The van der Waals surface area contributed by atoms with E-state index in [1.807, 2.05) is 0 Å². The van der Waals surface area contributed by atoms with Crippen LogP contribution in [0.2, 0.25) is 0 Å². The van der Waals surface area contributed by atoms with E-state index in [1.165, 1.54) is 6.33 Å². The maximum absolute atomic E-state index is 10.7. The molecule has 0 bridgehead atoms. The van der Waals surface area contributed by atoms with Crippen molar-refractivity contribution in [2.45, 2.75) is 0 Å². The van der Waals surface area contributed by atoms with Crippen LogP contribution >= 0.6 is 0 Å². The summed E-state index contributed by atoms with van der Waals surface area (Å²) in [6.45, 7) is 0. The number of ether oxygens (including phenoxy) is 1. The Hall–Kier alpha value is -2.23. The Morgan fingerprint density at radius 3 is 2.80 bits per heavy atom. The summed E-state index contributed by atoms with van der Waals surface area (Å²) in [7, 11) is 0. The van der Waals surface area contributed by atoms with Gasteiger partial charge in [-0.15, -0.1) is 0 Å². The molecule has 1 heterocycles. The van der Waals surface area contributed by atoms with Crippen molar-refractivity contribution in [2.24, 2.45) is 0 Å². The Bertz CT molecular complexity index is 457. The number of aromatic nitrogens is 2. The molecule has 0 aliphatic heterocycles.